The van der Waals surface area contributed by atoms with E-state index < -0.39 is 0 Å². The average molecular weight is 344 g/mol. The smallest absolute Gasteiger partial charge is 0.257 e. The van der Waals surface area contributed by atoms with Gasteiger partial charge >= 0.3 is 0 Å². The molecular formula is C19H28N4O2. The molecule has 1 aromatic rings. The number of carbonyl (C=O) groups is 2. The summed E-state index contributed by atoms with van der Waals surface area (Å²) in [5, 5.41) is 0. The van der Waals surface area contributed by atoms with Gasteiger partial charge in [0.2, 0.25) is 5.91 Å². The summed E-state index contributed by atoms with van der Waals surface area (Å²) in [5.41, 5.74) is 0.610. The monoisotopic (exact) mass is 344 g/mol. The molecule has 0 aromatic carbocycles. The molecule has 2 aliphatic heterocycles. The Morgan fingerprint density at radius 2 is 2.00 bits per heavy atom. The first-order chi connectivity index (χ1) is 12.0. The molecule has 2 amide bonds. The number of unbranched alkanes of at least 4 members (excludes halogenated alkanes) is 1. The largest absolute Gasteiger partial charge is 0.342 e. The van der Waals surface area contributed by atoms with Gasteiger partial charge in [-0.05, 0) is 32.6 Å². The van der Waals surface area contributed by atoms with Gasteiger partial charge in [-0.15, -0.1) is 0 Å². The standard InChI is InChI=1S/C19H28N4O2/c1-3-4-9-22-13-19(8-6-17(22)24)7-5-10-23(14-19)18(25)16-11-20-15(2)21-12-16/h11-12H,3-10,13-14H2,1-2H3. The molecule has 0 N–H and O–H groups in total. The highest BCUT2D eigenvalue weighted by molar-refractivity contribution is 5.93. The second-order valence-corrected chi connectivity index (χ2v) is 7.52. The fourth-order valence-corrected chi connectivity index (χ4v) is 4.06. The van der Waals surface area contributed by atoms with Crippen LogP contribution >= 0.6 is 0 Å². The van der Waals surface area contributed by atoms with Crippen LogP contribution in [0.3, 0.4) is 0 Å². The molecule has 1 atom stereocenters. The lowest BCUT2D eigenvalue weighted by Gasteiger charge is -2.48. The zero-order chi connectivity index (χ0) is 17.9. The van der Waals surface area contributed by atoms with Crippen LogP contribution in [0.4, 0.5) is 0 Å². The van der Waals surface area contributed by atoms with Crippen LogP contribution in [-0.2, 0) is 4.79 Å². The number of aromatic nitrogens is 2. The Labute approximate surface area is 149 Å². The highest BCUT2D eigenvalue weighted by atomic mass is 16.2. The normalized spacial score (nSPS) is 24.0. The summed E-state index contributed by atoms with van der Waals surface area (Å²) in [6.07, 6.45) is 8.96. The van der Waals surface area contributed by atoms with Crippen molar-refractivity contribution in [2.24, 2.45) is 5.41 Å². The first-order valence-electron chi connectivity index (χ1n) is 9.39. The van der Waals surface area contributed by atoms with Crippen molar-refractivity contribution in [3.63, 3.8) is 0 Å². The van der Waals surface area contributed by atoms with E-state index in [-0.39, 0.29) is 17.2 Å². The summed E-state index contributed by atoms with van der Waals surface area (Å²) in [5.74, 6) is 0.953. The Kier molecular flexibility index (Phi) is 5.35. The second-order valence-electron chi connectivity index (χ2n) is 7.52. The van der Waals surface area contributed by atoms with Crippen LogP contribution in [0.15, 0.2) is 12.4 Å². The van der Waals surface area contributed by atoms with Gasteiger partial charge in [0, 0.05) is 50.4 Å². The maximum atomic E-state index is 12.8. The Hall–Kier alpha value is -1.98. The van der Waals surface area contributed by atoms with Crippen LogP contribution in [0, 0.1) is 12.3 Å². The van der Waals surface area contributed by atoms with Gasteiger partial charge in [0.25, 0.3) is 5.91 Å². The summed E-state index contributed by atoms with van der Waals surface area (Å²) in [4.78, 5) is 37.3. The summed E-state index contributed by atoms with van der Waals surface area (Å²) in [7, 11) is 0. The molecule has 0 saturated carbocycles. The Balaban J connectivity index is 1.70. The zero-order valence-electron chi connectivity index (χ0n) is 15.3. The van der Waals surface area contributed by atoms with Crippen molar-refractivity contribution in [3.8, 4) is 0 Å². The quantitative estimate of drug-likeness (QED) is 0.841. The Morgan fingerprint density at radius 1 is 1.24 bits per heavy atom. The molecule has 0 radical (unpaired) electrons. The molecule has 1 unspecified atom stereocenters. The van der Waals surface area contributed by atoms with Crippen LogP contribution in [-0.4, -0.2) is 57.8 Å². The van der Waals surface area contributed by atoms with Crippen molar-refractivity contribution in [2.75, 3.05) is 26.2 Å². The number of amides is 2. The van der Waals surface area contributed by atoms with Gasteiger partial charge in [-0.2, -0.15) is 0 Å². The number of nitrogens with zero attached hydrogens (tertiary/aromatic N) is 4. The van der Waals surface area contributed by atoms with Gasteiger partial charge in [-0.25, -0.2) is 9.97 Å². The Bertz CT molecular complexity index is 631. The van der Waals surface area contributed by atoms with E-state index in [1.165, 1.54) is 0 Å². The molecule has 2 fully saturated rings. The van der Waals surface area contributed by atoms with E-state index >= 15 is 0 Å². The molecule has 3 heterocycles. The van der Waals surface area contributed by atoms with E-state index in [2.05, 4.69) is 16.9 Å². The molecule has 1 aromatic heterocycles. The SMILES string of the molecule is CCCCN1CC2(CCCN(C(=O)c3cnc(C)nc3)C2)CCC1=O. The molecule has 6 heteroatoms. The molecule has 6 nitrogen and oxygen atoms in total. The molecule has 0 bridgehead atoms. The van der Waals surface area contributed by atoms with Crippen LogP contribution < -0.4 is 0 Å². The number of carbonyl (C=O) groups excluding carboxylic acids is 2. The number of likely N-dealkylation sites (tertiary alicyclic amines) is 2. The van der Waals surface area contributed by atoms with Crippen LogP contribution in [0.2, 0.25) is 0 Å². The predicted octanol–water partition coefficient (Wildman–Crippen LogP) is 2.43. The topological polar surface area (TPSA) is 66.4 Å². The van der Waals surface area contributed by atoms with Gasteiger partial charge in [0.05, 0.1) is 5.56 Å². The van der Waals surface area contributed by atoms with E-state index in [1.54, 1.807) is 12.4 Å². The first kappa shape index (κ1) is 17.8. The van der Waals surface area contributed by atoms with E-state index in [4.69, 9.17) is 0 Å². The summed E-state index contributed by atoms with van der Waals surface area (Å²) >= 11 is 0. The van der Waals surface area contributed by atoms with Crippen LogP contribution in [0.5, 0.6) is 0 Å². The maximum Gasteiger partial charge on any atom is 0.257 e. The van der Waals surface area contributed by atoms with Crippen LogP contribution in [0.1, 0.15) is 61.6 Å². The predicted molar refractivity (Wildman–Crippen MR) is 95.1 cm³/mol. The lowest BCUT2D eigenvalue weighted by atomic mass is 9.73. The van der Waals surface area contributed by atoms with E-state index in [0.29, 0.717) is 17.8 Å². The molecule has 0 aliphatic carbocycles. The molecule has 1 spiro atoms. The van der Waals surface area contributed by atoms with Gasteiger partial charge in [-0.3, -0.25) is 9.59 Å². The van der Waals surface area contributed by atoms with E-state index in [1.807, 2.05) is 16.7 Å². The third-order valence-corrected chi connectivity index (χ3v) is 5.51. The van der Waals surface area contributed by atoms with Crippen molar-refractivity contribution < 1.29 is 9.59 Å². The van der Waals surface area contributed by atoms with Crippen molar-refractivity contribution in [1.82, 2.24) is 19.8 Å². The molecule has 3 rings (SSSR count). The average Bonchev–Trinajstić information content (AvgIpc) is 2.63. The van der Waals surface area contributed by atoms with E-state index in [0.717, 1.165) is 58.3 Å². The highest BCUT2D eigenvalue weighted by Crippen LogP contribution is 2.39. The van der Waals surface area contributed by atoms with E-state index in [9.17, 15) is 9.59 Å². The minimum Gasteiger partial charge on any atom is -0.342 e. The summed E-state index contributed by atoms with van der Waals surface area (Å²) < 4.78 is 0. The van der Waals surface area contributed by atoms with Crippen molar-refractivity contribution in [1.29, 1.82) is 0 Å². The highest BCUT2D eigenvalue weighted by Gasteiger charge is 2.42. The molecular weight excluding hydrogens is 316 g/mol. The summed E-state index contributed by atoms with van der Waals surface area (Å²) in [6.45, 7) is 7.10. The molecule has 2 aliphatic rings. The summed E-state index contributed by atoms with van der Waals surface area (Å²) in [6, 6.07) is 0. The van der Waals surface area contributed by atoms with Crippen LogP contribution in [0.25, 0.3) is 0 Å². The minimum atomic E-state index is 0.0103. The second kappa shape index (κ2) is 7.50. The van der Waals surface area contributed by atoms with Crippen molar-refractivity contribution >= 4 is 11.8 Å². The zero-order valence-corrected chi connectivity index (χ0v) is 15.3. The Morgan fingerprint density at radius 3 is 2.72 bits per heavy atom. The first-order valence-corrected chi connectivity index (χ1v) is 9.39. The van der Waals surface area contributed by atoms with Gasteiger partial charge < -0.3 is 9.80 Å². The molecule has 2 saturated heterocycles. The molecule has 25 heavy (non-hydrogen) atoms. The lowest BCUT2D eigenvalue weighted by molar-refractivity contribution is -0.139. The fraction of sp³-hybridized carbons (Fsp3) is 0.684. The maximum absolute atomic E-state index is 12.8. The van der Waals surface area contributed by atoms with Gasteiger partial charge in [0.1, 0.15) is 5.82 Å². The number of rotatable bonds is 4. The third kappa shape index (κ3) is 3.99. The van der Waals surface area contributed by atoms with Gasteiger partial charge in [0.15, 0.2) is 0 Å². The van der Waals surface area contributed by atoms with Crippen molar-refractivity contribution in [3.05, 3.63) is 23.8 Å². The lowest BCUT2D eigenvalue weighted by Crippen LogP contribution is -2.55. The number of piperidine rings is 2. The minimum absolute atomic E-state index is 0.0103. The number of hydrogen-bond donors (Lipinski definition) is 0. The fourth-order valence-electron chi connectivity index (χ4n) is 4.06. The third-order valence-electron chi connectivity index (χ3n) is 5.51. The molecule has 136 valence electrons. The van der Waals surface area contributed by atoms with Crippen molar-refractivity contribution in [2.45, 2.75) is 52.4 Å². The number of hydrogen-bond acceptors (Lipinski definition) is 4. The number of aryl methyl sites for hydroxylation is 1. The van der Waals surface area contributed by atoms with Gasteiger partial charge in [-0.1, -0.05) is 13.3 Å².